The zero-order valence-electron chi connectivity index (χ0n) is 13.1. The minimum Gasteiger partial charge on any atom is -0.335 e. The Labute approximate surface area is 149 Å². The summed E-state index contributed by atoms with van der Waals surface area (Å²) in [5.74, 6) is -0.347. The van der Waals surface area contributed by atoms with Crippen molar-refractivity contribution in [1.29, 1.82) is 0 Å². The van der Waals surface area contributed by atoms with Gasteiger partial charge < -0.3 is 4.90 Å². The van der Waals surface area contributed by atoms with E-state index in [1.165, 1.54) is 45.6 Å². The Bertz CT molecular complexity index is 914. The van der Waals surface area contributed by atoms with Crippen LogP contribution in [0, 0.1) is 0 Å². The number of piperazine rings is 1. The Morgan fingerprint density at radius 1 is 1.04 bits per heavy atom. The number of nitrogens with one attached hydrogen (secondary N) is 1. The van der Waals surface area contributed by atoms with Crippen LogP contribution in [0.25, 0.3) is 0 Å². The SMILES string of the molecule is O=C(c1ccc(=O)[nH]n1)N1CCN(S(=O)(=O)c2ccc(Cl)cc2)CC1. The van der Waals surface area contributed by atoms with Gasteiger partial charge >= 0.3 is 0 Å². The number of halogens is 1. The molecule has 25 heavy (non-hydrogen) atoms. The Hall–Kier alpha value is -2.23. The molecule has 1 saturated heterocycles. The number of aromatic amines is 1. The highest BCUT2D eigenvalue weighted by atomic mass is 35.5. The molecule has 0 radical (unpaired) electrons. The average Bonchev–Trinajstić information content (AvgIpc) is 2.62. The summed E-state index contributed by atoms with van der Waals surface area (Å²) in [7, 11) is -3.62. The number of H-pyrrole nitrogens is 1. The van der Waals surface area contributed by atoms with Crippen LogP contribution in [-0.4, -0.2) is 59.9 Å². The third-order valence-corrected chi connectivity index (χ3v) is 6.04. The van der Waals surface area contributed by atoms with E-state index in [4.69, 9.17) is 11.6 Å². The maximum atomic E-state index is 12.6. The first-order valence-electron chi connectivity index (χ1n) is 7.49. The normalized spacial score (nSPS) is 16.0. The van der Waals surface area contributed by atoms with E-state index in [1.54, 1.807) is 0 Å². The lowest BCUT2D eigenvalue weighted by Gasteiger charge is -2.33. The summed E-state index contributed by atoms with van der Waals surface area (Å²) in [5, 5.41) is 6.37. The van der Waals surface area contributed by atoms with Gasteiger partial charge in [0.1, 0.15) is 5.69 Å². The van der Waals surface area contributed by atoms with Crippen LogP contribution in [0.2, 0.25) is 5.02 Å². The van der Waals surface area contributed by atoms with E-state index in [9.17, 15) is 18.0 Å². The molecule has 3 rings (SSSR count). The molecule has 1 N–H and O–H groups in total. The molecule has 0 atom stereocenters. The number of rotatable bonds is 3. The highest BCUT2D eigenvalue weighted by Gasteiger charge is 2.30. The number of carbonyl (C=O) groups excluding carboxylic acids is 1. The van der Waals surface area contributed by atoms with E-state index in [0.717, 1.165) is 0 Å². The smallest absolute Gasteiger partial charge is 0.274 e. The summed E-state index contributed by atoms with van der Waals surface area (Å²) in [5.41, 5.74) is -0.274. The molecule has 1 amide bonds. The van der Waals surface area contributed by atoms with Crippen LogP contribution in [0.4, 0.5) is 0 Å². The van der Waals surface area contributed by atoms with Gasteiger partial charge in [0.05, 0.1) is 4.90 Å². The van der Waals surface area contributed by atoms with Gasteiger partial charge in [-0.25, -0.2) is 13.5 Å². The molecule has 0 aliphatic carbocycles. The second kappa shape index (κ2) is 6.95. The van der Waals surface area contributed by atoms with Gasteiger partial charge in [-0.15, -0.1) is 0 Å². The molecule has 0 saturated carbocycles. The summed E-state index contributed by atoms with van der Waals surface area (Å²) in [6, 6.07) is 8.53. The molecule has 1 aromatic heterocycles. The van der Waals surface area contributed by atoms with E-state index in [1.807, 2.05) is 0 Å². The highest BCUT2D eigenvalue weighted by Crippen LogP contribution is 2.20. The van der Waals surface area contributed by atoms with Crippen molar-refractivity contribution in [3.8, 4) is 0 Å². The van der Waals surface area contributed by atoms with Crippen molar-refractivity contribution >= 4 is 27.5 Å². The molecule has 0 unspecified atom stereocenters. The summed E-state index contributed by atoms with van der Waals surface area (Å²) >= 11 is 5.79. The number of benzene rings is 1. The molecule has 1 aliphatic rings. The molecule has 2 aromatic rings. The molecule has 2 heterocycles. The van der Waals surface area contributed by atoms with Crippen LogP contribution in [0.5, 0.6) is 0 Å². The third-order valence-electron chi connectivity index (χ3n) is 3.88. The number of carbonyl (C=O) groups is 1. The number of sulfonamides is 1. The minimum absolute atomic E-state index is 0.119. The summed E-state index contributed by atoms with van der Waals surface area (Å²) in [4.78, 5) is 25.0. The first-order chi connectivity index (χ1) is 11.9. The van der Waals surface area contributed by atoms with Crippen LogP contribution in [-0.2, 0) is 10.0 Å². The molecular weight excluding hydrogens is 368 g/mol. The van der Waals surface area contributed by atoms with Crippen molar-refractivity contribution in [2.24, 2.45) is 0 Å². The van der Waals surface area contributed by atoms with Crippen molar-refractivity contribution < 1.29 is 13.2 Å². The molecule has 1 aromatic carbocycles. The maximum absolute atomic E-state index is 12.6. The van der Waals surface area contributed by atoms with Crippen molar-refractivity contribution in [3.05, 3.63) is 57.5 Å². The Morgan fingerprint density at radius 3 is 2.24 bits per heavy atom. The van der Waals surface area contributed by atoms with Gasteiger partial charge in [-0.2, -0.15) is 9.40 Å². The van der Waals surface area contributed by atoms with E-state index in [-0.39, 0.29) is 42.7 Å². The number of hydrogen-bond acceptors (Lipinski definition) is 5. The summed E-state index contributed by atoms with van der Waals surface area (Å²) in [6.45, 7) is 0.846. The molecule has 0 bridgehead atoms. The van der Waals surface area contributed by atoms with Crippen molar-refractivity contribution in [3.63, 3.8) is 0 Å². The quantitative estimate of drug-likeness (QED) is 0.835. The Kier molecular flexibility index (Phi) is 4.89. The fourth-order valence-corrected chi connectivity index (χ4v) is 4.06. The topological polar surface area (TPSA) is 103 Å². The zero-order valence-corrected chi connectivity index (χ0v) is 14.6. The molecule has 1 aliphatic heterocycles. The summed E-state index contributed by atoms with van der Waals surface area (Å²) in [6.07, 6.45) is 0. The second-order valence-corrected chi connectivity index (χ2v) is 7.83. The van der Waals surface area contributed by atoms with Gasteiger partial charge in [0, 0.05) is 37.3 Å². The van der Waals surface area contributed by atoms with Gasteiger partial charge in [-0.05, 0) is 30.3 Å². The van der Waals surface area contributed by atoms with Crippen LogP contribution < -0.4 is 5.56 Å². The Balaban J connectivity index is 1.69. The number of amides is 1. The predicted molar refractivity (Wildman–Crippen MR) is 91.0 cm³/mol. The fraction of sp³-hybridized carbons (Fsp3) is 0.267. The largest absolute Gasteiger partial charge is 0.335 e. The van der Waals surface area contributed by atoms with Gasteiger partial charge in [-0.3, -0.25) is 9.59 Å². The molecule has 132 valence electrons. The number of aromatic nitrogens is 2. The maximum Gasteiger partial charge on any atom is 0.274 e. The van der Waals surface area contributed by atoms with Crippen LogP contribution in [0.3, 0.4) is 0 Å². The highest BCUT2D eigenvalue weighted by molar-refractivity contribution is 7.89. The van der Waals surface area contributed by atoms with Crippen molar-refractivity contribution in [2.45, 2.75) is 4.90 Å². The molecule has 10 heteroatoms. The average molecular weight is 383 g/mol. The number of hydrogen-bond donors (Lipinski definition) is 1. The number of nitrogens with zero attached hydrogens (tertiary/aromatic N) is 3. The third kappa shape index (κ3) is 3.73. The van der Waals surface area contributed by atoms with E-state index >= 15 is 0 Å². The van der Waals surface area contributed by atoms with Crippen LogP contribution in [0.1, 0.15) is 10.5 Å². The van der Waals surface area contributed by atoms with Gasteiger partial charge in [0.2, 0.25) is 10.0 Å². The van der Waals surface area contributed by atoms with Crippen LogP contribution >= 0.6 is 11.6 Å². The van der Waals surface area contributed by atoms with Crippen molar-refractivity contribution in [1.82, 2.24) is 19.4 Å². The lowest BCUT2D eigenvalue weighted by atomic mass is 10.3. The molecular formula is C15H15ClN4O4S. The molecule has 1 fully saturated rings. The first kappa shape index (κ1) is 17.6. The zero-order chi connectivity index (χ0) is 18.0. The fourth-order valence-electron chi connectivity index (χ4n) is 2.51. The lowest BCUT2D eigenvalue weighted by molar-refractivity contribution is 0.0690. The van der Waals surface area contributed by atoms with Gasteiger partial charge in [0.15, 0.2) is 0 Å². The van der Waals surface area contributed by atoms with Gasteiger partial charge in [0.25, 0.3) is 11.5 Å². The molecule has 0 spiro atoms. The monoisotopic (exact) mass is 382 g/mol. The first-order valence-corrected chi connectivity index (χ1v) is 9.30. The second-order valence-electron chi connectivity index (χ2n) is 5.46. The summed E-state index contributed by atoms with van der Waals surface area (Å²) < 4.78 is 26.6. The van der Waals surface area contributed by atoms with Crippen LogP contribution in [0.15, 0.2) is 46.1 Å². The van der Waals surface area contributed by atoms with E-state index < -0.39 is 15.6 Å². The minimum atomic E-state index is -3.62. The lowest BCUT2D eigenvalue weighted by Crippen LogP contribution is -2.50. The van der Waals surface area contributed by atoms with E-state index in [2.05, 4.69) is 10.2 Å². The Morgan fingerprint density at radius 2 is 1.68 bits per heavy atom. The standard InChI is InChI=1S/C15H15ClN4O4S/c16-11-1-3-12(4-2-11)25(23,24)20-9-7-19(8-10-20)15(22)13-5-6-14(21)18-17-13/h1-6H,7-10H2,(H,18,21). The molecule has 8 nitrogen and oxygen atoms in total. The van der Waals surface area contributed by atoms with Crippen molar-refractivity contribution in [2.75, 3.05) is 26.2 Å². The van der Waals surface area contributed by atoms with Gasteiger partial charge in [-0.1, -0.05) is 11.6 Å². The predicted octanol–water partition coefficient (Wildman–Crippen LogP) is 0.570. The van der Waals surface area contributed by atoms with E-state index in [0.29, 0.717) is 5.02 Å².